The van der Waals surface area contributed by atoms with Crippen LogP contribution in [0, 0.1) is 0 Å². The van der Waals surface area contributed by atoms with E-state index in [1.54, 1.807) is 7.11 Å². The molecule has 1 saturated heterocycles. The summed E-state index contributed by atoms with van der Waals surface area (Å²) in [6.07, 6.45) is 0. The van der Waals surface area contributed by atoms with E-state index in [-0.39, 0.29) is 11.9 Å². The van der Waals surface area contributed by atoms with Crippen molar-refractivity contribution in [2.24, 2.45) is 0 Å². The van der Waals surface area contributed by atoms with E-state index in [1.165, 1.54) is 0 Å². The molecular weight excluding hydrogens is 312 g/mol. The first-order valence-corrected chi connectivity index (χ1v) is 6.91. The van der Waals surface area contributed by atoms with Gasteiger partial charge in [-0.1, -0.05) is 15.9 Å². The summed E-state index contributed by atoms with van der Waals surface area (Å²) < 4.78 is 11.5. The van der Waals surface area contributed by atoms with Crippen LogP contribution in [0.4, 0.5) is 0 Å². The first kappa shape index (κ1) is 14.3. The van der Waals surface area contributed by atoms with Gasteiger partial charge in [0, 0.05) is 23.1 Å². The molecule has 0 aromatic heterocycles. The number of hydrogen-bond acceptors (Lipinski definition) is 4. The van der Waals surface area contributed by atoms with Crippen LogP contribution in [0.25, 0.3) is 0 Å². The normalized spacial score (nSPS) is 18.9. The van der Waals surface area contributed by atoms with Crippen molar-refractivity contribution in [1.82, 2.24) is 10.6 Å². The van der Waals surface area contributed by atoms with E-state index in [4.69, 9.17) is 9.47 Å². The molecule has 1 aliphatic heterocycles. The van der Waals surface area contributed by atoms with Gasteiger partial charge in [0.05, 0.1) is 20.3 Å². The van der Waals surface area contributed by atoms with Crippen molar-refractivity contribution < 1.29 is 14.3 Å². The lowest BCUT2D eigenvalue weighted by Crippen LogP contribution is -2.51. The fraction of sp³-hybridized carbons (Fsp3) is 0.462. The molecule has 1 aliphatic rings. The van der Waals surface area contributed by atoms with Crippen molar-refractivity contribution in [1.29, 1.82) is 0 Å². The third-order valence-corrected chi connectivity index (χ3v) is 3.43. The molecule has 0 bridgehead atoms. The van der Waals surface area contributed by atoms with Crippen molar-refractivity contribution in [2.45, 2.75) is 12.6 Å². The standard InChI is InChI=1S/C13H17BrN2O3/c1-18-12-3-2-10(14)6-9(12)7-16-13(17)11-8-19-5-4-15-11/h2-3,6,11,15H,4-5,7-8H2,1H3,(H,16,17). The number of methoxy groups -OCH3 is 1. The summed E-state index contributed by atoms with van der Waals surface area (Å²) in [5, 5.41) is 6.01. The number of halogens is 1. The molecule has 1 aromatic rings. The zero-order chi connectivity index (χ0) is 13.7. The van der Waals surface area contributed by atoms with Gasteiger partial charge in [0.25, 0.3) is 0 Å². The molecule has 1 heterocycles. The van der Waals surface area contributed by atoms with E-state index in [2.05, 4.69) is 26.6 Å². The number of rotatable bonds is 4. The van der Waals surface area contributed by atoms with Crippen molar-refractivity contribution >= 4 is 21.8 Å². The maximum atomic E-state index is 11.9. The molecule has 1 aromatic carbocycles. The molecule has 1 fully saturated rings. The number of amides is 1. The first-order valence-electron chi connectivity index (χ1n) is 6.12. The number of nitrogens with one attached hydrogen (secondary N) is 2. The second kappa shape index (κ2) is 6.88. The summed E-state index contributed by atoms with van der Waals surface area (Å²) in [5.41, 5.74) is 0.932. The van der Waals surface area contributed by atoms with Crippen LogP contribution >= 0.6 is 15.9 Å². The van der Waals surface area contributed by atoms with E-state index < -0.39 is 0 Å². The van der Waals surface area contributed by atoms with Gasteiger partial charge < -0.3 is 20.1 Å². The minimum Gasteiger partial charge on any atom is -0.496 e. The van der Waals surface area contributed by atoms with Crippen molar-refractivity contribution in [3.8, 4) is 5.75 Å². The van der Waals surface area contributed by atoms with Gasteiger partial charge in [-0.25, -0.2) is 0 Å². The molecule has 5 nitrogen and oxygen atoms in total. The Bertz CT molecular complexity index is 448. The number of carbonyl (C=O) groups is 1. The van der Waals surface area contributed by atoms with Crippen molar-refractivity contribution in [3.05, 3.63) is 28.2 Å². The van der Waals surface area contributed by atoms with E-state index in [9.17, 15) is 4.79 Å². The van der Waals surface area contributed by atoms with Crippen molar-refractivity contribution in [3.63, 3.8) is 0 Å². The van der Waals surface area contributed by atoms with E-state index >= 15 is 0 Å². The number of carbonyl (C=O) groups excluding carboxylic acids is 1. The third-order valence-electron chi connectivity index (χ3n) is 2.93. The van der Waals surface area contributed by atoms with E-state index in [0.29, 0.717) is 26.3 Å². The summed E-state index contributed by atoms with van der Waals surface area (Å²) in [7, 11) is 1.62. The Kier molecular flexibility index (Phi) is 5.18. The Hall–Kier alpha value is -1.11. The monoisotopic (exact) mass is 328 g/mol. The van der Waals surface area contributed by atoms with Crippen LogP contribution in [0.5, 0.6) is 5.75 Å². The molecule has 0 radical (unpaired) electrons. The minimum absolute atomic E-state index is 0.0540. The number of morpholine rings is 1. The molecule has 1 unspecified atom stereocenters. The highest BCUT2D eigenvalue weighted by Gasteiger charge is 2.20. The van der Waals surface area contributed by atoms with E-state index in [1.807, 2.05) is 18.2 Å². The quantitative estimate of drug-likeness (QED) is 0.867. The molecule has 19 heavy (non-hydrogen) atoms. The summed E-state index contributed by atoms with van der Waals surface area (Å²) in [5.74, 6) is 0.707. The average molecular weight is 329 g/mol. The van der Waals surface area contributed by atoms with Crippen LogP contribution in [0.1, 0.15) is 5.56 Å². The molecule has 0 saturated carbocycles. The summed E-state index contributed by atoms with van der Waals surface area (Å²) in [6, 6.07) is 5.44. The van der Waals surface area contributed by atoms with Gasteiger partial charge in [0.15, 0.2) is 0 Å². The fourth-order valence-electron chi connectivity index (χ4n) is 1.92. The lowest BCUT2D eigenvalue weighted by molar-refractivity contribution is -0.126. The zero-order valence-corrected chi connectivity index (χ0v) is 12.3. The van der Waals surface area contributed by atoms with Crippen LogP contribution in [0.3, 0.4) is 0 Å². The largest absolute Gasteiger partial charge is 0.496 e. The predicted octanol–water partition coefficient (Wildman–Crippen LogP) is 1.06. The molecule has 6 heteroatoms. The Morgan fingerprint density at radius 2 is 2.47 bits per heavy atom. The van der Waals surface area contributed by atoms with Gasteiger partial charge in [-0.15, -0.1) is 0 Å². The maximum Gasteiger partial charge on any atom is 0.239 e. The minimum atomic E-state index is -0.271. The molecule has 0 spiro atoms. The molecule has 104 valence electrons. The third kappa shape index (κ3) is 3.92. The first-order chi connectivity index (χ1) is 9.20. The molecule has 0 aliphatic carbocycles. The zero-order valence-electron chi connectivity index (χ0n) is 10.7. The number of benzene rings is 1. The van der Waals surface area contributed by atoms with Crippen LogP contribution in [0.15, 0.2) is 22.7 Å². The Morgan fingerprint density at radius 3 is 3.16 bits per heavy atom. The Labute approximate surface area is 120 Å². The Balaban J connectivity index is 1.94. The maximum absolute atomic E-state index is 11.9. The summed E-state index contributed by atoms with van der Waals surface area (Å²) >= 11 is 3.41. The molecule has 2 N–H and O–H groups in total. The second-order valence-corrected chi connectivity index (χ2v) is 5.17. The van der Waals surface area contributed by atoms with Gasteiger partial charge in [0.1, 0.15) is 11.8 Å². The smallest absolute Gasteiger partial charge is 0.239 e. The highest BCUT2D eigenvalue weighted by molar-refractivity contribution is 9.10. The Morgan fingerprint density at radius 1 is 1.63 bits per heavy atom. The SMILES string of the molecule is COc1ccc(Br)cc1CNC(=O)C1COCCN1. The summed E-state index contributed by atoms with van der Waals surface area (Å²) in [6.45, 7) is 2.21. The van der Waals surface area contributed by atoms with Gasteiger partial charge in [-0.05, 0) is 18.2 Å². The predicted molar refractivity (Wildman–Crippen MR) is 75.2 cm³/mol. The van der Waals surface area contributed by atoms with E-state index in [0.717, 1.165) is 15.8 Å². The molecular formula is C13H17BrN2O3. The molecule has 2 rings (SSSR count). The van der Waals surface area contributed by atoms with Gasteiger partial charge >= 0.3 is 0 Å². The fourth-order valence-corrected chi connectivity index (χ4v) is 2.33. The lowest BCUT2D eigenvalue weighted by Gasteiger charge is -2.23. The second-order valence-electron chi connectivity index (χ2n) is 4.26. The number of hydrogen-bond donors (Lipinski definition) is 2. The van der Waals surface area contributed by atoms with Crippen LogP contribution in [-0.4, -0.2) is 38.8 Å². The van der Waals surface area contributed by atoms with Gasteiger partial charge in [-0.2, -0.15) is 0 Å². The lowest BCUT2D eigenvalue weighted by atomic mass is 10.2. The van der Waals surface area contributed by atoms with Crippen LogP contribution < -0.4 is 15.4 Å². The number of ether oxygens (including phenoxy) is 2. The molecule has 1 amide bonds. The average Bonchev–Trinajstić information content (AvgIpc) is 2.46. The molecule has 1 atom stereocenters. The topological polar surface area (TPSA) is 59.6 Å². The highest BCUT2D eigenvalue weighted by Crippen LogP contribution is 2.22. The highest BCUT2D eigenvalue weighted by atomic mass is 79.9. The van der Waals surface area contributed by atoms with Gasteiger partial charge in [0.2, 0.25) is 5.91 Å². The van der Waals surface area contributed by atoms with Crippen LogP contribution in [0.2, 0.25) is 0 Å². The van der Waals surface area contributed by atoms with Crippen molar-refractivity contribution in [2.75, 3.05) is 26.9 Å². The van der Waals surface area contributed by atoms with Gasteiger partial charge in [-0.3, -0.25) is 4.79 Å². The summed E-state index contributed by atoms with van der Waals surface area (Å²) in [4.78, 5) is 11.9. The van der Waals surface area contributed by atoms with Crippen LogP contribution in [-0.2, 0) is 16.1 Å².